The number of aliphatic hydroxyl groups excluding tert-OH is 1. The maximum Gasteiger partial charge on any atom is 0.276 e. The average Bonchev–Trinajstić information content (AvgIpc) is 3.35. The Bertz CT molecular complexity index is 620. The molecular weight excluding hydrogens is 344 g/mol. The third-order valence-corrected chi connectivity index (χ3v) is 6.24. The number of hydrogen-bond acceptors (Lipinski definition) is 6. The summed E-state index contributed by atoms with van der Waals surface area (Å²) in [6, 6.07) is 1.80. The Kier molecular flexibility index (Phi) is 6.10. The number of nitrogens with zero attached hydrogens (tertiary/aromatic N) is 4. The van der Waals surface area contributed by atoms with Gasteiger partial charge in [0.05, 0.1) is 12.6 Å². The molecule has 3 fully saturated rings. The topological polar surface area (TPSA) is 73.0 Å². The molecule has 3 aliphatic rings. The van der Waals surface area contributed by atoms with Crippen LogP contribution in [-0.2, 0) is 6.54 Å². The predicted octanol–water partition coefficient (Wildman–Crippen LogP) is 1.58. The molecule has 1 aromatic heterocycles. The van der Waals surface area contributed by atoms with Crippen molar-refractivity contribution in [3.63, 3.8) is 0 Å². The van der Waals surface area contributed by atoms with E-state index >= 15 is 0 Å². The molecule has 1 amide bonds. The Morgan fingerprint density at radius 3 is 2.63 bits per heavy atom. The Balaban J connectivity index is 1.30. The predicted molar refractivity (Wildman–Crippen MR) is 101 cm³/mol. The lowest BCUT2D eigenvalue weighted by Gasteiger charge is -2.34. The van der Waals surface area contributed by atoms with Crippen molar-refractivity contribution in [3.05, 3.63) is 17.5 Å². The molecule has 1 atom stereocenters. The molecule has 0 saturated carbocycles. The van der Waals surface area contributed by atoms with Crippen LogP contribution in [0.25, 0.3) is 0 Å². The van der Waals surface area contributed by atoms with Crippen molar-refractivity contribution >= 4 is 5.91 Å². The zero-order valence-corrected chi connectivity index (χ0v) is 16.2. The average molecular weight is 377 g/mol. The van der Waals surface area contributed by atoms with E-state index in [1.807, 2.05) is 4.90 Å². The molecule has 0 spiro atoms. The Morgan fingerprint density at radius 1 is 1.07 bits per heavy atom. The zero-order valence-electron chi connectivity index (χ0n) is 16.2. The second-order valence-corrected chi connectivity index (χ2v) is 8.45. The van der Waals surface area contributed by atoms with Crippen LogP contribution in [0.5, 0.6) is 0 Å². The number of aromatic nitrogens is 1. The molecular formula is C20H32N4O3. The van der Waals surface area contributed by atoms with Gasteiger partial charge in [0.2, 0.25) is 0 Å². The van der Waals surface area contributed by atoms with E-state index in [2.05, 4.69) is 15.0 Å². The highest BCUT2D eigenvalue weighted by atomic mass is 16.5. The van der Waals surface area contributed by atoms with Crippen LogP contribution in [-0.4, -0.2) is 82.8 Å². The van der Waals surface area contributed by atoms with Gasteiger partial charge in [-0.1, -0.05) is 5.16 Å². The summed E-state index contributed by atoms with van der Waals surface area (Å²) in [5.41, 5.74) is 0.434. The van der Waals surface area contributed by atoms with Gasteiger partial charge in [0.1, 0.15) is 0 Å². The van der Waals surface area contributed by atoms with E-state index < -0.39 is 0 Å². The zero-order chi connectivity index (χ0) is 18.6. The van der Waals surface area contributed by atoms with Crippen molar-refractivity contribution in [2.45, 2.75) is 51.2 Å². The highest BCUT2D eigenvalue weighted by molar-refractivity contribution is 5.92. The fourth-order valence-corrected chi connectivity index (χ4v) is 4.68. The molecule has 3 saturated heterocycles. The molecule has 0 bridgehead atoms. The molecule has 4 rings (SSSR count). The van der Waals surface area contributed by atoms with Gasteiger partial charge in [-0.2, -0.15) is 0 Å². The molecule has 27 heavy (non-hydrogen) atoms. The van der Waals surface area contributed by atoms with Gasteiger partial charge in [-0.25, -0.2) is 0 Å². The number of carbonyl (C=O) groups excluding carboxylic acids is 1. The maximum absolute atomic E-state index is 12.9. The maximum atomic E-state index is 12.9. The number of likely N-dealkylation sites (tertiary alicyclic amines) is 3. The minimum atomic E-state index is -0.180. The van der Waals surface area contributed by atoms with Gasteiger partial charge < -0.3 is 19.4 Å². The highest BCUT2D eigenvalue weighted by Crippen LogP contribution is 2.22. The first-order valence-electron chi connectivity index (χ1n) is 10.5. The van der Waals surface area contributed by atoms with E-state index in [0.717, 1.165) is 57.7 Å². The summed E-state index contributed by atoms with van der Waals surface area (Å²) in [6.07, 6.45) is 6.33. The van der Waals surface area contributed by atoms with Gasteiger partial charge in [-0.15, -0.1) is 0 Å². The van der Waals surface area contributed by atoms with Gasteiger partial charge in [-0.05, 0) is 57.5 Å². The van der Waals surface area contributed by atoms with E-state index in [4.69, 9.17) is 4.52 Å². The number of amides is 1. The SMILES string of the molecule is O=C(c1cc(CN2CCC(O)CC2)on1)N1CCCC(CN2CCCC2)C1. The first-order chi connectivity index (χ1) is 13.2. The molecule has 4 heterocycles. The smallest absolute Gasteiger partial charge is 0.276 e. The summed E-state index contributed by atoms with van der Waals surface area (Å²) in [6.45, 7) is 7.57. The second-order valence-electron chi connectivity index (χ2n) is 8.45. The van der Waals surface area contributed by atoms with Gasteiger partial charge in [0.25, 0.3) is 5.91 Å². The summed E-state index contributed by atoms with van der Waals surface area (Å²) in [5, 5.41) is 13.7. The molecule has 150 valence electrons. The Labute approximate surface area is 161 Å². The first kappa shape index (κ1) is 18.9. The van der Waals surface area contributed by atoms with Gasteiger partial charge >= 0.3 is 0 Å². The molecule has 7 nitrogen and oxygen atoms in total. The van der Waals surface area contributed by atoms with E-state index in [9.17, 15) is 9.90 Å². The van der Waals surface area contributed by atoms with Crippen LogP contribution in [0.3, 0.4) is 0 Å². The fourth-order valence-electron chi connectivity index (χ4n) is 4.68. The summed E-state index contributed by atoms with van der Waals surface area (Å²) >= 11 is 0. The van der Waals surface area contributed by atoms with Crippen molar-refractivity contribution in [1.82, 2.24) is 19.9 Å². The van der Waals surface area contributed by atoms with Crippen LogP contribution in [0.1, 0.15) is 54.8 Å². The van der Waals surface area contributed by atoms with Crippen LogP contribution >= 0.6 is 0 Å². The van der Waals surface area contributed by atoms with E-state index in [0.29, 0.717) is 18.2 Å². The molecule has 0 aromatic carbocycles. The van der Waals surface area contributed by atoms with Crippen molar-refractivity contribution in [2.24, 2.45) is 5.92 Å². The molecule has 1 N–H and O–H groups in total. The summed E-state index contributed by atoms with van der Waals surface area (Å²) < 4.78 is 5.43. The molecule has 1 unspecified atom stereocenters. The normalized spacial score (nSPS) is 26.0. The summed E-state index contributed by atoms with van der Waals surface area (Å²) in [4.78, 5) is 19.6. The Morgan fingerprint density at radius 2 is 1.85 bits per heavy atom. The second kappa shape index (κ2) is 8.71. The fraction of sp³-hybridized carbons (Fsp3) is 0.800. The molecule has 0 aliphatic carbocycles. The molecule has 7 heteroatoms. The summed E-state index contributed by atoms with van der Waals surface area (Å²) in [7, 11) is 0. The lowest BCUT2D eigenvalue weighted by atomic mass is 9.97. The van der Waals surface area contributed by atoms with Gasteiger partial charge in [0, 0.05) is 38.8 Å². The third kappa shape index (κ3) is 4.89. The quantitative estimate of drug-likeness (QED) is 0.841. The van der Waals surface area contributed by atoms with Crippen molar-refractivity contribution in [3.8, 4) is 0 Å². The highest BCUT2D eigenvalue weighted by Gasteiger charge is 2.28. The number of piperidine rings is 2. The monoisotopic (exact) mass is 376 g/mol. The lowest BCUT2D eigenvalue weighted by molar-refractivity contribution is 0.0636. The van der Waals surface area contributed by atoms with Crippen molar-refractivity contribution < 1.29 is 14.4 Å². The Hall–Kier alpha value is -1.44. The number of carbonyl (C=O) groups is 1. The van der Waals surface area contributed by atoms with E-state index in [1.54, 1.807) is 6.07 Å². The molecule has 0 radical (unpaired) electrons. The minimum Gasteiger partial charge on any atom is -0.393 e. The standard InChI is InChI=1S/C20H32N4O3/c25-17-5-10-23(11-6-17)15-18-12-19(21-27-18)20(26)24-9-3-4-16(14-24)13-22-7-1-2-8-22/h12,16-17,25H,1-11,13-15H2. The molecule has 1 aromatic rings. The van der Waals surface area contributed by atoms with Crippen molar-refractivity contribution in [1.29, 1.82) is 0 Å². The van der Waals surface area contributed by atoms with Crippen LogP contribution < -0.4 is 0 Å². The third-order valence-electron chi connectivity index (χ3n) is 6.24. The first-order valence-corrected chi connectivity index (χ1v) is 10.5. The van der Waals surface area contributed by atoms with Crippen LogP contribution in [0.2, 0.25) is 0 Å². The number of rotatable bonds is 5. The number of aliphatic hydroxyl groups is 1. The van der Waals surface area contributed by atoms with Crippen LogP contribution in [0.4, 0.5) is 0 Å². The van der Waals surface area contributed by atoms with E-state index in [-0.39, 0.29) is 12.0 Å². The summed E-state index contributed by atoms with van der Waals surface area (Å²) in [5.74, 6) is 1.32. The van der Waals surface area contributed by atoms with E-state index in [1.165, 1.54) is 32.4 Å². The van der Waals surface area contributed by atoms with Gasteiger partial charge in [-0.3, -0.25) is 9.69 Å². The number of hydrogen-bond donors (Lipinski definition) is 1. The van der Waals surface area contributed by atoms with Crippen LogP contribution in [0.15, 0.2) is 10.6 Å². The lowest BCUT2D eigenvalue weighted by Crippen LogP contribution is -2.43. The van der Waals surface area contributed by atoms with Crippen molar-refractivity contribution in [2.75, 3.05) is 45.8 Å². The minimum absolute atomic E-state index is 0.00480. The molecule has 3 aliphatic heterocycles. The van der Waals surface area contributed by atoms with Gasteiger partial charge in [0.15, 0.2) is 11.5 Å². The largest absolute Gasteiger partial charge is 0.393 e. The van der Waals surface area contributed by atoms with Crippen LogP contribution in [0, 0.1) is 5.92 Å².